The van der Waals surface area contributed by atoms with E-state index >= 15 is 0 Å². The van der Waals surface area contributed by atoms with Crippen LogP contribution in [0.5, 0.6) is 0 Å². The minimum Gasteiger partial charge on any atom is -0.328 e. The Morgan fingerprint density at radius 2 is 2.16 bits per heavy atom. The van der Waals surface area contributed by atoms with E-state index in [1.165, 1.54) is 5.01 Å². The van der Waals surface area contributed by atoms with Gasteiger partial charge in [-0.3, -0.25) is 0 Å². The lowest BCUT2D eigenvalue weighted by atomic mass is 10.1. The molecule has 4 nitrogen and oxygen atoms in total. The van der Waals surface area contributed by atoms with Gasteiger partial charge in [0.25, 0.3) is 0 Å². The van der Waals surface area contributed by atoms with Crippen LogP contribution in [-0.2, 0) is 19.5 Å². The van der Waals surface area contributed by atoms with Crippen LogP contribution in [0, 0.1) is 0 Å². The zero-order valence-electron chi connectivity index (χ0n) is 12.1. The third-order valence-corrected chi connectivity index (χ3v) is 3.85. The van der Waals surface area contributed by atoms with Crippen molar-refractivity contribution < 1.29 is 0 Å². The van der Waals surface area contributed by atoms with Crippen molar-refractivity contribution >= 4 is 11.3 Å². The molecule has 2 aromatic heterocycles. The number of thiazole rings is 1. The predicted molar refractivity (Wildman–Crippen MR) is 79.4 cm³/mol. The topological polar surface area (TPSA) is 42.7 Å². The molecular formula is C14H22N4S. The summed E-state index contributed by atoms with van der Waals surface area (Å²) in [4.78, 5) is 9.02. The molecule has 19 heavy (non-hydrogen) atoms. The average Bonchev–Trinajstić information content (AvgIpc) is 2.95. The second-order valence-corrected chi connectivity index (χ2v) is 6.60. The fourth-order valence-electron chi connectivity index (χ4n) is 1.75. The molecule has 2 rings (SSSR count). The van der Waals surface area contributed by atoms with E-state index in [1.54, 1.807) is 11.3 Å². The summed E-state index contributed by atoms with van der Waals surface area (Å²) in [7, 11) is 0. The highest BCUT2D eigenvalue weighted by molar-refractivity contribution is 7.09. The molecule has 0 aliphatic carbocycles. The van der Waals surface area contributed by atoms with Crippen molar-refractivity contribution in [1.29, 1.82) is 0 Å². The lowest BCUT2D eigenvalue weighted by Crippen LogP contribution is -2.36. The number of aromatic nitrogens is 3. The number of hydrogen-bond acceptors (Lipinski definition) is 4. The van der Waals surface area contributed by atoms with Gasteiger partial charge >= 0.3 is 0 Å². The number of nitrogens with one attached hydrogen (secondary N) is 1. The zero-order chi connectivity index (χ0) is 13.9. The maximum Gasteiger partial charge on any atom is 0.123 e. The van der Waals surface area contributed by atoms with E-state index in [1.807, 2.05) is 12.4 Å². The molecule has 2 heterocycles. The first-order chi connectivity index (χ1) is 8.98. The van der Waals surface area contributed by atoms with Crippen molar-refractivity contribution in [1.82, 2.24) is 19.9 Å². The quantitative estimate of drug-likeness (QED) is 0.914. The van der Waals surface area contributed by atoms with Crippen LogP contribution in [0.4, 0.5) is 0 Å². The Morgan fingerprint density at radius 3 is 2.79 bits per heavy atom. The number of nitrogens with zero attached hydrogens (tertiary/aromatic N) is 3. The SMILES string of the molecule is CCc1nc(Cn2ccnc2CNC(C)(C)C)cs1. The Labute approximate surface area is 118 Å². The molecule has 0 aliphatic heterocycles. The smallest absolute Gasteiger partial charge is 0.123 e. The van der Waals surface area contributed by atoms with Crippen molar-refractivity contribution in [3.63, 3.8) is 0 Å². The molecule has 0 radical (unpaired) electrons. The van der Waals surface area contributed by atoms with Crippen LogP contribution in [0.3, 0.4) is 0 Å². The first kappa shape index (κ1) is 14.2. The highest BCUT2D eigenvalue weighted by atomic mass is 32.1. The molecule has 0 aromatic carbocycles. The van der Waals surface area contributed by atoms with Gasteiger partial charge < -0.3 is 9.88 Å². The maximum absolute atomic E-state index is 4.60. The standard InChI is InChI=1S/C14H22N4S/c1-5-13-17-11(10-19-13)9-18-7-6-15-12(18)8-16-14(2,3)4/h6-7,10,16H,5,8-9H2,1-4H3. The summed E-state index contributed by atoms with van der Waals surface area (Å²) >= 11 is 1.73. The summed E-state index contributed by atoms with van der Waals surface area (Å²) in [5.41, 5.74) is 1.23. The molecule has 0 aliphatic rings. The Bertz CT molecular complexity index is 522. The molecule has 0 amide bonds. The summed E-state index contributed by atoms with van der Waals surface area (Å²) in [6.07, 6.45) is 4.88. The third kappa shape index (κ3) is 4.14. The van der Waals surface area contributed by atoms with E-state index in [9.17, 15) is 0 Å². The van der Waals surface area contributed by atoms with Gasteiger partial charge in [0, 0.05) is 23.3 Å². The second kappa shape index (κ2) is 5.84. The number of hydrogen-bond donors (Lipinski definition) is 1. The average molecular weight is 278 g/mol. The van der Waals surface area contributed by atoms with Crippen molar-refractivity contribution in [2.45, 2.75) is 52.7 Å². The Kier molecular flexibility index (Phi) is 4.37. The van der Waals surface area contributed by atoms with E-state index in [0.29, 0.717) is 0 Å². The summed E-state index contributed by atoms with van der Waals surface area (Å²) in [6, 6.07) is 0. The van der Waals surface area contributed by atoms with Crippen molar-refractivity contribution in [2.75, 3.05) is 0 Å². The van der Waals surface area contributed by atoms with Crippen LogP contribution >= 0.6 is 11.3 Å². The summed E-state index contributed by atoms with van der Waals surface area (Å²) in [6.45, 7) is 10.2. The van der Waals surface area contributed by atoms with Gasteiger partial charge in [-0.15, -0.1) is 11.3 Å². The highest BCUT2D eigenvalue weighted by Gasteiger charge is 2.11. The first-order valence-corrected chi connectivity index (χ1v) is 7.54. The molecule has 0 saturated heterocycles. The van der Waals surface area contributed by atoms with Gasteiger partial charge in [0.15, 0.2) is 0 Å². The van der Waals surface area contributed by atoms with Crippen LogP contribution in [0.25, 0.3) is 0 Å². The Morgan fingerprint density at radius 1 is 1.37 bits per heavy atom. The molecule has 0 atom stereocenters. The highest BCUT2D eigenvalue weighted by Crippen LogP contribution is 2.12. The fraction of sp³-hybridized carbons (Fsp3) is 0.571. The van der Waals surface area contributed by atoms with E-state index < -0.39 is 0 Å². The molecule has 0 spiro atoms. The molecule has 0 unspecified atom stereocenters. The third-order valence-electron chi connectivity index (χ3n) is 2.81. The summed E-state index contributed by atoms with van der Waals surface area (Å²) in [5.74, 6) is 1.06. The van der Waals surface area contributed by atoms with Crippen LogP contribution in [0.2, 0.25) is 0 Å². The Hall–Kier alpha value is -1.20. The van der Waals surface area contributed by atoms with Crippen LogP contribution in [0.1, 0.15) is 44.2 Å². The molecule has 0 fully saturated rings. The minimum absolute atomic E-state index is 0.104. The largest absolute Gasteiger partial charge is 0.328 e. The monoisotopic (exact) mass is 278 g/mol. The lowest BCUT2D eigenvalue weighted by Gasteiger charge is -2.20. The van der Waals surface area contributed by atoms with E-state index in [-0.39, 0.29) is 5.54 Å². The number of aryl methyl sites for hydroxylation is 1. The molecule has 0 bridgehead atoms. The van der Waals surface area contributed by atoms with Crippen LogP contribution in [0.15, 0.2) is 17.8 Å². The number of rotatable bonds is 5. The second-order valence-electron chi connectivity index (χ2n) is 5.66. The molecule has 2 aromatic rings. The van der Waals surface area contributed by atoms with Gasteiger partial charge in [-0.25, -0.2) is 9.97 Å². The van der Waals surface area contributed by atoms with Crippen molar-refractivity contribution in [3.05, 3.63) is 34.3 Å². The molecular weight excluding hydrogens is 256 g/mol. The van der Waals surface area contributed by atoms with Gasteiger partial charge in [-0.2, -0.15) is 0 Å². The normalized spacial score (nSPS) is 12.0. The van der Waals surface area contributed by atoms with Gasteiger partial charge in [-0.05, 0) is 27.2 Å². The molecule has 104 valence electrons. The van der Waals surface area contributed by atoms with Gasteiger partial charge in [0.05, 0.1) is 23.8 Å². The van der Waals surface area contributed by atoms with Gasteiger partial charge in [-0.1, -0.05) is 6.92 Å². The van der Waals surface area contributed by atoms with Crippen LogP contribution in [-0.4, -0.2) is 20.1 Å². The molecule has 5 heteroatoms. The first-order valence-electron chi connectivity index (χ1n) is 6.66. The summed E-state index contributed by atoms with van der Waals surface area (Å²) in [5, 5.41) is 6.80. The molecule has 1 N–H and O–H groups in total. The van der Waals surface area contributed by atoms with Crippen molar-refractivity contribution in [3.8, 4) is 0 Å². The number of imidazole rings is 1. The van der Waals surface area contributed by atoms with Gasteiger partial charge in [0.1, 0.15) is 5.82 Å². The minimum atomic E-state index is 0.104. The predicted octanol–water partition coefficient (Wildman–Crippen LogP) is 2.84. The maximum atomic E-state index is 4.60. The zero-order valence-corrected chi connectivity index (χ0v) is 12.9. The summed E-state index contributed by atoms with van der Waals surface area (Å²) < 4.78 is 2.16. The van der Waals surface area contributed by atoms with E-state index in [4.69, 9.17) is 0 Å². The molecule has 0 saturated carbocycles. The lowest BCUT2D eigenvalue weighted by molar-refractivity contribution is 0.413. The van der Waals surface area contributed by atoms with Crippen molar-refractivity contribution in [2.24, 2.45) is 0 Å². The van der Waals surface area contributed by atoms with Crippen LogP contribution < -0.4 is 5.32 Å². The van der Waals surface area contributed by atoms with Gasteiger partial charge in [0.2, 0.25) is 0 Å². The van der Waals surface area contributed by atoms with E-state index in [2.05, 4.69) is 52.9 Å². The fourth-order valence-corrected chi connectivity index (χ4v) is 2.49. The Balaban J connectivity index is 2.03. The van der Waals surface area contributed by atoms with E-state index in [0.717, 1.165) is 31.0 Å².